The van der Waals surface area contributed by atoms with Crippen molar-refractivity contribution >= 4 is 31.4 Å². The summed E-state index contributed by atoms with van der Waals surface area (Å²) in [6, 6.07) is 12.2. The molecule has 8 heteroatoms. The van der Waals surface area contributed by atoms with E-state index in [9.17, 15) is 16.8 Å². The summed E-state index contributed by atoms with van der Waals surface area (Å²) in [5.74, 6) is 5.59. The van der Waals surface area contributed by atoms with Crippen molar-refractivity contribution in [3.63, 3.8) is 0 Å². The van der Waals surface area contributed by atoms with Gasteiger partial charge in [0.1, 0.15) is 5.75 Å². The number of anilines is 2. The minimum absolute atomic E-state index is 0.00164. The number of sulfonamides is 2. The Labute approximate surface area is 230 Å². The molecule has 0 fully saturated rings. The Kier molecular flexibility index (Phi) is 11.5. The van der Waals surface area contributed by atoms with Gasteiger partial charge in [-0.05, 0) is 66.5 Å². The van der Waals surface area contributed by atoms with Crippen molar-refractivity contribution < 1.29 is 16.8 Å². The summed E-state index contributed by atoms with van der Waals surface area (Å²) in [6.45, 7) is 16.5. The van der Waals surface area contributed by atoms with Crippen LogP contribution in [0, 0.1) is 11.8 Å². The van der Waals surface area contributed by atoms with Crippen molar-refractivity contribution in [1.29, 1.82) is 0 Å². The van der Waals surface area contributed by atoms with Crippen molar-refractivity contribution in [3.05, 3.63) is 71.3 Å². The normalized spacial score (nSPS) is 13.9. The summed E-state index contributed by atoms with van der Waals surface area (Å²) in [7, 11) is -6.55. The van der Waals surface area contributed by atoms with E-state index in [1.165, 1.54) is 20.2 Å². The molecule has 2 aliphatic heterocycles. The molecule has 6 nitrogen and oxygen atoms in total. The van der Waals surface area contributed by atoms with Crippen molar-refractivity contribution in [2.24, 2.45) is 0 Å². The molecule has 0 aliphatic carbocycles. The van der Waals surface area contributed by atoms with E-state index in [2.05, 4.69) is 51.3 Å². The van der Waals surface area contributed by atoms with Crippen molar-refractivity contribution in [1.82, 2.24) is 0 Å². The van der Waals surface area contributed by atoms with Gasteiger partial charge in [-0.3, -0.25) is 8.61 Å². The van der Waals surface area contributed by atoms with Crippen LogP contribution in [-0.4, -0.2) is 41.4 Å². The number of benzene rings is 2. The first-order chi connectivity index (χ1) is 18.0. The monoisotopic (exact) mass is 558 g/mol. The molecule has 0 spiro atoms. The molecule has 4 rings (SSSR count). The van der Waals surface area contributed by atoms with E-state index in [1.54, 1.807) is 6.92 Å². The second-order valence-electron chi connectivity index (χ2n) is 9.25. The maximum atomic E-state index is 12.2. The second kappa shape index (κ2) is 13.9. The Bertz CT molecular complexity index is 1390. The minimum Gasteiger partial charge on any atom is -0.269 e. The highest BCUT2D eigenvalue weighted by Gasteiger charge is 2.29. The third-order valence-electron chi connectivity index (χ3n) is 6.47. The summed E-state index contributed by atoms with van der Waals surface area (Å²) in [5, 5.41) is 0. The molecule has 0 bridgehead atoms. The highest BCUT2D eigenvalue weighted by molar-refractivity contribution is 7.93. The zero-order valence-corrected chi connectivity index (χ0v) is 25.3. The lowest BCUT2D eigenvalue weighted by Gasteiger charge is -2.19. The Hall–Kier alpha value is -2.76. The van der Waals surface area contributed by atoms with Gasteiger partial charge < -0.3 is 0 Å². The summed E-state index contributed by atoms with van der Waals surface area (Å²) >= 11 is 0. The zero-order chi connectivity index (χ0) is 28.5. The van der Waals surface area contributed by atoms with Crippen LogP contribution in [0.5, 0.6) is 0 Å². The van der Waals surface area contributed by atoms with Crippen molar-refractivity contribution in [2.45, 2.75) is 66.7 Å². The van der Waals surface area contributed by atoms with Gasteiger partial charge >= 0.3 is 0 Å². The topological polar surface area (TPSA) is 74.8 Å². The zero-order valence-electron chi connectivity index (χ0n) is 23.6. The summed E-state index contributed by atoms with van der Waals surface area (Å²) in [6.07, 6.45) is 3.94. The van der Waals surface area contributed by atoms with Crippen LogP contribution in [-0.2, 0) is 39.3 Å². The van der Waals surface area contributed by atoms with Gasteiger partial charge in [0, 0.05) is 13.1 Å². The molecule has 208 valence electrons. The molecule has 0 amide bonds. The minimum atomic E-state index is -3.30. The molecule has 0 radical (unpaired) electrons. The highest BCUT2D eigenvalue weighted by atomic mass is 32.2. The van der Waals surface area contributed by atoms with Gasteiger partial charge in [-0.2, -0.15) is 0 Å². The fourth-order valence-electron chi connectivity index (χ4n) is 4.40. The van der Waals surface area contributed by atoms with Crippen molar-refractivity contribution in [3.8, 4) is 11.8 Å². The lowest BCUT2D eigenvalue weighted by molar-refractivity contribution is 0.594. The SMILES string of the molecule is C=CCS(=O)(=O)N1CCc2ccc(C(C)C)cc21.CC.CC#CCS(=O)(=O)N1CCc2ccc(CC)cc21. The summed E-state index contributed by atoms with van der Waals surface area (Å²) in [4.78, 5) is 0. The fraction of sp³-hybridized carbons (Fsp3) is 0.467. The lowest BCUT2D eigenvalue weighted by Crippen LogP contribution is -2.30. The van der Waals surface area contributed by atoms with Gasteiger partial charge in [-0.25, -0.2) is 16.8 Å². The van der Waals surface area contributed by atoms with Crippen LogP contribution in [0.15, 0.2) is 49.1 Å². The molecule has 2 heterocycles. The van der Waals surface area contributed by atoms with Crippen LogP contribution in [0.1, 0.15) is 69.7 Å². The molecule has 0 unspecified atom stereocenters. The smallest absolute Gasteiger partial charge is 0.246 e. The molecule has 2 aromatic carbocycles. The summed E-state index contributed by atoms with van der Waals surface area (Å²) < 4.78 is 51.6. The Morgan fingerprint density at radius 1 is 0.921 bits per heavy atom. The summed E-state index contributed by atoms with van der Waals surface area (Å²) in [5.41, 5.74) is 6.26. The first-order valence-corrected chi connectivity index (χ1v) is 16.5. The van der Waals surface area contributed by atoms with Gasteiger partial charge in [-0.15, -0.1) is 12.5 Å². The fourth-order valence-corrected chi connectivity index (χ4v) is 7.04. The first kappa shape index (κ1) is 31.5. The van der Waals surface area contributed by atoms with Gasteiger partial charge in [-0.1, -0.05) is 70.9 Å². The molecule has 0 atom stereocenters. The predicted molar refractivity (Wildman–Crippen MR) is 161 cm³/mol. The van der Waals surface area contributed by atoms with Crippen LogP contribution >= 0.6 is 0 Å². The van der Waals surface area contributed by atoms with E-state index in [-0.39, 0.29) is 11.5 Å². The van der Waals surface area contributed by atoms with E-state index in [0.717, 1.165) is 47.3 Å². The maximum Gasteiger partial charge on any atom is 0.246 e. The Balaban J connectivity index is 0.000000251. The van der Waals surface area contributed by atoms with Crippen molar-refractivity contribution in [2.75, 3.05) is 33.2 Å². The third kappa shape index (κ3) is 7.42. The molecular weight excluding hydrogens is 516 g/mol. The molecule has 2 aliphatic rings. The Morgan fingerprint density at radius 3 is 2.00 bits per heavy atom. The number of nitrogens with zero attached hydrogens (tertiary/aromatic N) is 2. The van der Waals surface area contributed by atoms with E-state index < -0.39 is 20.0 Å². The molecule has 2 aromatic rings. The van der Waals surface area contributed by atoms with Gasteiger partial charge in [0.25, 0.3) is 0 Å². The van der Waals surface area contributed by atoms with Crippen LogP contribution in [0.25, 0.3) is 0 Å². The molecule has 0 saturated heterocycles. The van der Waals surface area contributed by atoms with Crippen LogP contribution in [0.3, 0.4) is 0 Å². The third-order valence-corrected chi connectivity index (χ3v) is 9.74. The van der Waals surface area contributed by atoms with E-state index in [0.29, 0.717) is 19.0 Å². The number of hydrogen-bond acceptors (Lipinski definition) is 4. The average molecular weight is 559 g/mol. The predicted octanol–water partition coefficient (Wildman–Crippen LogP) is 5.68. The van der Waals surface area contributed by atoms with Gasteiger partial charge in [0.05, 0.1) is 17.1 Å². The molecule has 0 N–H and O–H groups in total. The Morgan fingerprint density at radius 2 is 1.47 bits per heavy atom. The second-order valence-corrected chi connectivity index (χ2v) is 13.1. The number of rotatable bonds is 7. The first-order valence-electron chi connectivity index (χ1n) is 13.3. The van der Waals surface area contributed by atoms with Gasteiger partial charge in [0.2, 0.25) is 20.0 Å². The average Bonchev–Trinajstić information content (AvgIpc) is 3.53. The highest BCUT2D eigenvalue weighted by Crippen LogP contribution is 2.33. The molecular formula is C30H42N2O4S2. The maximum absolute atomic E-state index is 12.2. The van der Waals surface area contributed by atoms with Crippen LogP contribution < -0.4 is 8.61 Å². The molecule has 0 aromatic heterocycles. The van der Waals surface area contributed by atoms with Gasteiger partial charge in [0.15, 0.2) is 0 Å². The van der Waals surface area contributed by atoms with Crippen LogP contribution in [0.2, 0.25) is 0 Å². The molecule has 0 saturated carbocycles. The number of hydrogen-bond donors (Lipinski definition) is 0. The lowest BCUT2D eigenvalue weighted by atomic mass is 10.0. The van der Waals surface area contributed by atoms with E-state index in [1.807, 2.05) is 38.1 Å². The van der Waals surface area contributed by atoms with Crippen LogP contribution in [0.4, 0.5) is 11.4 Å². The van der Waals surface area contributed by atoms with E-state index >= 15 is 0 Å². The molecule has 38 heavy (non-hydrogen) atoms. The quantitative estimate of drug-likeness (QED) is 0.324. The number of fused-ring (bicyclic) bond motifs is 2. The standard InChI is InChI=1S/C14H19NO2S.C14H17NO2S.C2H6/c1-4-9-18(16,17)15-8-7-12-5-6-13(11(2)3)10-14(12)15;1-3-5-10-18(16,17)15-9-8-13-7-6-12(4-2)11-14(13)15;1-2/h4-6,10-11H,1,7-9H2,2-3H3;6-7,11H,4,8-10H2,1-2H3;1-2H3. The number of aryl methyl sites for hydroxylation is 1. The van der Waals surface area contributed by atoms with E-state index in [4.69, 9.17) is 0 Å². The largest absolute Gasteiger partial charge is 0.269 e.